The molecular formula is C52H52N2O3S. The van der Waals surface area contributed by atoms with Gasteiger partial charge in [0.15, 0.2) is 0 Å². The molecule has 1 N–H and O–H groups in total. The predicted octanol–water partition coefficient (Wildman–Crippen LogP) is 12.1. The van der Waals surface area contributed by atoms with Gasteiger partial charge in [-0.3, -0.25) is 4.55 Å². The molecule has 0 heterocycles. The first-order valence-electron chi connectivity index (χ1n) is 19.9. The summed E-state index contributed by atoms with van der Waals surface area (Å²) in [6, 6.07) is 56.7. The van der Waals surface area contributed by atoms with Gasteiger partial charge < -0.3 is 9.80 Å². The van der Waals surface area contributed by atoms with E-state index in [1.54, 1.807) is 6.07 Å². The summed E-state index contributed by atoms with van der Waals surface area (Å²) >= 11 is 0. The summed E-state index contributed by atoms with van der Waals surface area (Å²) in [4.78, 5) is 4.68. The highest BCUT2D eigenvalue weighted by atomic mass is 32.2. The summed E-state index contributed by atoms with van der Waals surface area (Å²) in [6.07, 6.45) is 0. The fraction of sp³-hybridized carbons (Fsp3) is 0.192. The summed E-state index contributed by atoms with van der Waals surface area (Å²) in [5.41, 5.74) is 15.0. The Morgan fingerprint density at radius 1 is 0.431 bits per heavy atom. The van der Waals surface area contributed by atoms with Crippen LogP contribution in [0.2, 0.25) is 0 Å². The lowest BCUT2D eigenvalue weighted by molar-refractivity contribution is 0.481. The first kappa shape index (κ1) is 40.3. The minimum Gasteiger partial charge on any atom is -0.363 e. The van der Waals surface area contributed by atoms with E-state index in [2.05, 4.69) is 183 Å². The van der Waals surface area contributed by atoms with Gasteiger partial charge in [-0.1, -0.05) is 156 Å². The second-order valence-electron chi connectivity index (χ2n) is 15.8. The average molecular weight is 785 g/mol. The van der Waals surface area contributed by atoms with Crippen LogP contribution in [-0.4, -0.2) is 13.0 Å². The molecule has 0 fully saturated rings. The van der Waals surface area contributed by atoms with E-state index < -0.39 is 16.0 Å². The minimum absolute atomic E-state index is 0.0771. The summed E-state index contributed by atoms with van der Waals surface area (Å²) < 4.78 is 36.6. The van der Waals surface area contributed by atoms with Gasteiger partial charge in [-0.2, -0.15) is 8.42 Å². The fourth-order valence-electron chi connectivity index (χ4n) is 8.01. The molecule has 6 heteroatoms. The van der Waals surface area contributed by atoms with Crippen molar-refractivity contribution in [2.45, 2.75) is 71.6 Å². The Morgan fingerprint density at radius 2 is 0.759 bits per heavy atom. The van der Waals surface area contributed by atoms with E-state index in [1.807, 2.05) is 19.1 Å². The third kappa shape index (κ3) is 10.1. The minimum atomic E-state index is -4.53. The normalized spacial score (nSPS) is 11.5. The van der Waals surface area contributed by atoms with Crippen molar-refractivity contribution in [1.82, 2.24) is 0 Å². The summed E-state index contributed by atoms with van der Waals surface area (Å²) in [5.74, 6) is -0.468. The van der Waals surface area contributed by atoms with Gasteiger partial charge in [0.1, 0.15) is 0 Å². The van der Waals surface area contributed by atoms with Gasteiger partial charge in [-0.15, -0.1) is 0 Å². The molecule has 0 aliphatic heterocycles. The highest BCUT2D eigenvalue weighted by molar-refractivity contribution is 7.85. The Labute approximate surface area is 345 Å². The molecular weight excluding hydrogens is 733 g/mol. The van der Waals surface area contributed by atoms with Crippen LogP contribution in [0.3, 0.4) is 0 Å². The van der Waals surface area contributed by atoms with Gasteiger partial charge in [0.05, 0.1) is 4.90 Å². The van der Waals surface area contributed by atoms with Crippen molar-refractivity contribution in [3.8, 4) is 0 Å². The van der Waals surface area contributed by atoms with Crippen molar-refractivity contribution in [3.05, 3.63) is 231 Å². The van der Waals surface area contributed by atoms with E-state index in [-0.39, 0.29) is 4.90 Å². The van der Waals surface area contributed by atoms with Gasteiger partial charge in [0, 0.05) is 43.5 Å². The number of aryl methyl sites for hydroxylation is 5. The molecule has 0 saturated carbocycles. The van der Waals surface area contributed by atoms with Crippen LogP contribution in [-0.2, 0) is 36.3 Å². The molecule has 58 heavy (non-hydrogen) atoms. The van der Waals surface area contributed by atoms with Crippen LogP contribution in [0.5, 0.6) is 0 Å². The van der Waals surface area contributed by atoms with E-state index in [4.69, 9.17) is 0 Å². The van der Waals surface area contributed by atoms with Crippen LogP contribution < -0.4 is 9.80 Å². The Kier molecular flexibility index (Phi) is 12.3. The Bertz CT molecular complexity index is 2380. The van der Waals surface area contributed by atoms with E-state index in [0.29, 0.717) is 5.56 Å². The standard InChI is InChI=1S/C52H52N2O3S/c1-37-10-6-14-42(28-37)33-53(34-43-15-7-11-38(2)29-43)48-23-19-46(20-24-48)52(50-27-18-41(5)32-51(50)58(55,56)57)47-21-25-49(26-22-47)54(35-44-16-8-12-39(3)30-44)36-45-17-9-13-40(4)31-45/h6-32,52H,33-36H2,1-5H3,(H,55,56,57). The maximum absolute atomic E-state index is 13.0. The van der Waals surface area contributed by atoms with Crippen molar-refractivity contribution < 1.29 is 13.0 Å². The molecule has 0 spiro atoms. The topological polar surface area (TPSA) is 60.9 Å². The molecule has 7 rings (SSSR count). The number of nitrogens with zero attached hydrogens (tertiary/aromatic N) is 2. The molecule has 0 atom stereocenters. The van der Waals surface area contributed by atoms with E-state index >= 15 is 0 Å². The SMILES string of the molecule is Cc1cccc(CN(Cc2cccc(C)c2)c2ccc(C(c3ccc(N(Cc4cccc(C)c4)Cc4cccc(C)c4)cc3)c3ccc(C)cc3S(=O)(=O)O)cc2)c1. The Hall–Kier alpha value is -5.95. The van der Waals surface area contributed by atoms with Crippen LogP contribution in [0.4, 0.5) is 11.4 Å². The highest BCUT2D eigenvalue weighted by Crippen LogP contribution is 2.38. The molecule has 0 aliphatic rings. The quantitative estimate of drug-likeness (QED) is 0.0879. The van der Waals surface area contributed by atoms with E-state index in [9.17, 15) is 13.0 Å². The average Bonchev–Trinajstić information content (AvgIpc) is 3.18. The molecule has 0 bridgehead atoms. The van der Waals surface area contributed by atoms with Crippen molar-refractivity contribution in [2.24, 2.45) is 0 Å². The fourth-order valence-corrected chi connectivity index (χ4v) is 8.83. The molecule has 5 nitrogen and oxygen atoms in total. The largest absolute Gasteiger partial charge is 0.363 e. The number of hydrogen-bond acceptors (Lipinski definition) is 4. The lowest BCUT2D eigenvalue weighted by Crippen LogP contribution is -2.22. The monoisotopic (exact) mass is 784 g/mol. The second-order valence-corrected chi connectivity index (χ2v) is 17.2. The molecule has 0 saturated heterocycles. The number of rotatable bonds is 14. The number of benzene rings is 7. The van der Waals surface area contributed by atoms with Crippen molar-refractivity contribution in [3.63, 3.8) is 0 Å². The van der Waals surface area contributed by atoms with Crippen molar-refractivity contribution in [2.75, 3.05) is 9.80 Å². The number of anilines is 2. The maximum atomic E-state index is 13.0. The van der Waals surface area contributed by atoms with Gasteiger partial charge in [0.25, 0.3) is 10.1 Å². The van der Waals surface area contributed by atoms with E-state index in [0.717, 1.165) is 54.2 Å². The molecule has 294 valence electrons. The van der Waals surface area contributed by atoms with Gasteiger partial charge in [-0.25, -0.2) is 0 Å². The maximum Gasteiger partial charge on any atom is 0.294 e. The summed E-state index contributed by atoms with van der Waals surface area (Å²) in [7, 11) is -4.53. The lowest BCUT2D eigenvalue weighted by atomic mass is 9.84. The summed E-state index contributed by atoms with van der Waals surface area (Å²) in [5, 5.41) is 0. The Balaban J connectivity index is 1.28. The van der Waals surface area contributed by atoms with Gasteiger partial charge in [-0.05, 0) is 109 Å². The third-order valence-corrected chi connectivity index (χ3v) is 11.7. The van der Waals surface area contributed by atoms with Crippen LogP contribution in [0.25, 0.3) is 0 Å². The van der Waals surface area contributed by atoms with E-state index in [1.165, 1.54) is 44.5 Å². The zero-order chi connectivity index (χ0) is 40.8. The first-order valence-corrected chi connectivity index (χ1v) is 21.3. The second kappa shape index (κ2) is 17.7. The molecule has 0 aliphatic carbocycles. The third-order valence-electron chi connectivity index (χ3n) is 10.8. The van der Waals surface area contributed by atoms with Crippen molar-refractivity contribution >= 4 is 21.5 Å². The molecule has 0 unspecified atom stereocenters. The van der Waals surface area contributed by atoms with Crippen LogP contribution in [0, 0.1) is 34.6 Å². The molecule has 0 amide bonds. The first-order chi connectivity index (χ1) is 27.9. The van der Waals surface area contributed by atoms with Crippen molar-refractivity contribution in [1.29, 1.82) is 0 Å². The molecule has 0 radical (unpaired) electrons. The van der Waals surface area contributed by atoms with Crippen LogP contribution in [0.15, 0.2) is 169 Å². The highest BCUT2D eigenvalue weighted by Gasteiger charge is 2.26. The molecule has 0 aromatic heterocycles. The predicted molar refractivity (Wildman–Crippen MR) is 239 cm³/mol. The van der Waals surface area contributed by atoms with Gasteiger partial charge in [0.2, 0.25) is 0 Å². The van der Waals surface area contributed by atoms with Crippen LogP contribution in [0.1, 0.15) is 72.7 Å². The molecule has 7 aromatic carbocycles. The Morgan fingerprint density at radius 3 is 1.07 bits per heavy atom. The molecule has 7 aromatic rings. The summed E-state index contributed by atoms with van der Waals surface area (Å²) in [6.45, 7) is 13.2. The smallest absolute Gasteiger partial charge is 0.294 e. The van der Waals surface area contributed by atoms with Gasteiger partial charge >= 0.3 is 0 Å². The van der Waals surface area contributed by atoms with Crippen LogP contribution >= 0.6 is 0 Å². The zero-order valence-corrected chi connectivity index (χ0v) is 34.9. The number of hydrogen-bond donors (Lipinski definition) is 1. The lowest BCUT2D eigenvalue weighted by Gasteiger charge is -2.28. The zero-order valence-electron chi connectivity index (χ0n) is 34.1.